The van der Waals surface area contributed by atoms with Crippen LogP contribution in [0.3, 0.4) is 0 Å². The summed E-state index contributed by atoms with van der Waals surface area (Å²) in [6.07, 6.45) is 1.94. The minimum absolute atomic E-state index is 0.0787. The van der Waals surface area contributed by atoms with Crippen LogP contribution in [0, 0.1) is 0 Å². The number of esters is 2. The molecule has 0 aromatic rings. The van der Waals surface area contributed by atoms with Crippen molar-refractivity contribution in [2.24, 2.45) is 0 Å². The van der Waals surface area contributed by atoms with E-state index in [9.17, 15) is 9.59 Å². The second-order valence-corrected chi connectivity index (χ2v) is 3.60. The Kier molecular flexibility index (Phi) is 7.20. The molecule has 0 saturated carbocycles. The first-order valence-electron chi connectivity index (χ1n) is 4.99. The fourth-order valence-corrected chi connectivity index (χ4v) is 0.991. The van der Waals surface area contributed by atoms with Gasteiger partial charge in [0.25, 0.3) is 0 Å². The number of ether oxygens (including phenoxy) is 2. The zero-order valence-electron chi connectivity index (χ0n) is 10.3. The van der Waals surface area contributed by atoms with Crippen LogP contribution >= 0.6 is 0 Å². The lowest BCUT2D eigenvalue weighted by atomic mass is 10.3. The maximum absolute atomic E-state index is 11.1. The number of rotatable bonds is 6. The van der Waals surface area contributed by atoms with Gasteiger partial charge in [0.15, 0.2) is 0 Å². The van der Waals surface area contributed by atoms with Crippen molar-refractivity contribution >= 4 is 11.9 Å². The lowest BCUT2D eigenvalue weighted by Gasteiger charge is -2.17. The molecule has 0 fully saturated rings. The Hall–Kier alpha value is -1.36. The predicted molar refractivity (Wildman–Crippen MR) is 59.9 cm³/mol. The number of carbonyl (C=O) groups is 2. The molecule has 0 unspecified atom stereocenters. The zero-order valence-corrected chi connectivity index (χ0v) is 10.3. The van der Waals surface area contributed by atoms with Gasteiger partial charge in [-0.1, -0.05) is 11.6 Å². The third-order valence-electron chi connectivity index (χ3n) is 1.92. The van der Waals surface area contributed by atoms with Crippen molar-refractivity contribution < 1.29 is 19.1 Å². The van der Waals surface area contributed by atoms with Crippen LogP contribution in [0.5, 0.6) is 0 Å². The van der Waals surface area contributed by atoms with Gasteiger partial charge in [-0.15, -0.1) is 0 Å². The van der Waals surface area contributed by atoms with E-state index in [1.807, 2.05) is 19.9 Å². The molecule has 0 aliphatic rings. The molecule has 92 valence electrons. The van der Waals surface area contributed by atoms with Gasteiger partial charge in [-0.3, -0.25) is 14.5 Å². The standard InChI is InChI=1S/C11H19NO4/c1-9(2)5-6-12(7-10(13)15-3)8-11(14)16-4/h5H,6-8H2,1-4H3. The molecule has 5 nitrogen and oxygen atoms in total. The third kappa shape index (κ3) is 7.00. The Morgan fingerprint density at radius 2 is 1.50 bits per heavy atom. The normalized spacial score (nSPS) is 9.81. The Bertz CT molecular complexity index is 251. The number of nitrogens with zero attached hydrogens (tertiary/aromatic N) is 1. The summed E-state index contributed by atoms with van der Waals surface area (Å²) in [7, 11) is 2.64. The number of methoxy groups -OCH3 is 2. The summed E-state index contributed by atoms with van der Waals surface area (Å²) in [5.74, 6) is -0.739. The quantitative estimate of drug-likeness (QED) is 0.493. The molecule has 0 heterocycles. The SMILES string of the molecule is COC(=O)CN(CC=C(C)C)CC(=O)OC. The van der Waals surface area contributed by atoms with Gasteiger partial charge in [-0.05, 0) is 13.8 Å². The number of allylic oxidation sites excluding steroid dienone is 1. The van der Waals surface area contributed by atoms with Crippen LogP contribution in [-0.2, 0) is 19.1 Å². The van der Waals surface area contributed by atoms with Crippen LogP contribution in [0.1, 0.15) is 13.8 Å². The average molecular weight is 229 g/mol. The van der Waals surface area contributed by atoms with E-state index in [1.165, 1.54) is 14.2 Å². The van der Waals surface area contributed by atoms with Crippen LogP contribution in [0.25, 0.3) is 0 Å². The molecule has 5 heteroatoms. The first-order valence-corrected chi connectivity index (χ1v) is 4.99. The van der Waals surface area contributed by atoms with Gasteiger partial charge in [-0.2, -0.15) is 0 Å². The second kappa shape index (κ2) is 7.87. The molecule has 0 aliphatic carbocycles. The average Bonchev–Trinajstić information content (AvgIpc) is 2.25. The molecule has 0 bridgehead atoms. The molecule has 0 saturated heterocycles. The minimum atomic E-state index is -0.369. The van der Waals surface area contributed by atoms with E-state index >= 15 is 0 Å². The molecule has 0 spiro atoms. The van der Waals surface area contributed by atoms with Gasteiger partial charge >= 0.3 is 11.9 Å². The molecule has 0 aliphatic heterocycles. The third-order valence-corrected chi connectivity index (χ3v) is 1.92. The summed E-state index contributed by atoms with van der Waals surface area (Å²) in [6, 6.07) is 0. The van der Waals surface area contributed by atoms with Gasteiger partial charge in [0.1, 0.15) is 0 Å². The topological polar surface area (TPSA) is 55.8 Å². The maximum Gasteiger partial charge on any atom is 0.319 e. The smallest absolute Gasteiger partial charge is 0.319 e. The lowest BCUT2D eigenvalue weighted by molar-refractivity contribution is -0.145. The molecular formula is C11H19NO4. The zero-order chi connectivity index (χ0) is 12.6. The monoisotopic (exact) mass is 229 g/mol. The van der Waals surface area contributed by atoms with Gasteiger partial charge in [0.2, 0.25) is 0 Å². The number of carbonyl (C=O) groups excluding carboxylic acids is 2. The van der Waals surface area contributed by atoms with Crippen molar-refractivity contribution in [2.45, 2.75) is 13.8 Å². The van der Waals surface area contributed by atoms with Crippen molar-refractivity contribution in [3.8, 4) is 0 Å². The highest BCUT2D eigenvalue weighted by atomic mass is 16.5. The summed E-state index contributed by atoms with van der Waals surface area (Å²) in [5.41, 5.74) is 1.12. The van der Waals surface area contributed by atoms with Crippen molar-refractivity contribution in [2.75, 3.05) is 33.9 Å². The predicted octanol–water partition coefficient (Wildman–Crippen LogP) is 0.601. The summed E-state index contributed by atoms with van der Waals surface area (Å²) >= 11 is 0. The molecule has 0 radical (unpaired) electrons. The van der Waals surface area contributed by atoms with E-state index in [-0.39, 0.29) is 25.0 Å². The first-order chi connectivity index (χ1) is 7.49. The van der Waals surface area contributed by atoms with E-state index in [1.54, 1.807) is 4.90 Å². The summed E-state index contributed by atoms with van der Waals surface area (Å²) in [6.45, 7) is 4.58. The van der Waals surface area contributed by atoms with Gasteiger partial charge in [0, 0.05) is 6.54 Å². The molecule has 0 amide bonds. The Labute approximate surface area is 96.0 Å². The maximum atomic E-state index is 11.1. The number of hydrogen-bond donors (Lipinski definition) is 0. The van der Waals surface area contributed by atoms with Crippen LogP contribution < -0.4 is 0 Å². The van der Waals surface area contributed by atoms with Crippen LogP contribution in [0.15, 0.2) is 11.6 Å². The van der Waals surface area contributed by atoms with Crippen LogP contribution in [0.2, 0.25) is 0 Å². The van der Waals surface area contributed by atoms with Crippen molar-refractivity contribution in [1.82, 2.24) is 4.90 Å². The van der Waals surface area contributed by atoms with Crippen LogP contribution in [-0.4, -0.2) is 50.7 Å². The molecular weight excluding hydrogens is 210 g/mol. The van der Waals surface area contributed by atoms with Crippen molar-refractivity contribution in [3.63, 3.8) is 0 Å². The van der Waals surface area contributed by atoms with Crippen LogP contribution in [0.4, 0.5) is 0 Å². The first kappa shape index (κ1) is 14.6. The van der Waals surface area contributed by atoms with E-state index in [0.717, 1.165) is 5.57 Å². The fraction of sp³-hybridized carbons (Fsp3) is 0.636. The summed E-state index contributed by atoms with van der Waals surface area (Å²) < 4.78 is 9.10. The summed E-state index contributed by atoms with van der Waals surface area (Å²) in [5, 5.41) is 0. The van der Waals surface area contributed by atoms with Crippen molar-refractivity contribution in [1.29, 1.82) is 0 Å². The van der Waals surface area contributed by atoms with E-state index in [0.29, 0.717) is 6.54 Å². The molecule has 0 aromatic heterocycles. The van der Waals surface area contributed by atoms with Crippen molar-refractivity contribution in [3.05, 3.63) is 11.6 Å². The Morgan fingerprint density at radius 3 is 1.81 bits per heavy atom. The fourth-order valence-electron chi connectivity index (χ4n) is 0.991. The van der Waals surface area contributed by atoms with Gasteiger partial charge < -0.3 is 9.47 Å². The minimum Gasteiger partial charge on any atom is -0.468 e. The van der Waals surface area contributed by atoms with E-state index in [4.69, 9.17) is 0 Å². The van der Waals surface area contributed by atoms with E-state index in [2.05, 4.69) is 9.47 Å². The lowest BCUT2D eigenvalue weighted by Crippen LogP contribution is -2.35. The van der Waals surface area contributed by atoms with Gasteiger partial charge in [0.05, 0.1) is 27.3 Å². The highest BCUT2D eigenvalue weighted by Gasteiger charge is 2.13. The molecule has 0 aromatic carbocycles. The molecule has 16 heavy (non-hydrogen) atoms. The van der Waals surface area contributed by atoms with E-state index < -0.39 is 0 Å². The Balaban J connectivity index is 4.32. The molecule has 0 N–H and O–H groups in total. The molecule has 0 rings (SSSR count). The largest absolute Gasteiger partial charge is 0.468 e. The summed E-state index contributed by atoms with van der Waals surface area (Å²) in [4.78, 5) is 23.9. The number of hydrogen-bond acceptors (Lipinski definition) is 5. The molecule has 0 atom stereocenters. The second-order valence-electron chi connectivity index (χ2n) is 3.60. The van der Waals surface area contributed by atoms with Gasteiger partial charge in [-0.25, -0.2) is 0 Å². The highest BCUT2D eigenvalue weighted by molar-refractivity contribution is 5.74. The highest BCUT2D eigenvalue weighted by Crippen LogP contribution is 1.95. The Morgan fingerprint density at radius 1 is 1.06 bits per heavy atom.